The summed E-state index contributed by atoms with van der Waals surface area (Å²) in [6.07, 6.45) is 1.51. The summed E-state index contributed by atoms with van der Waals surface area (Å²) in [5.74, 6) is -1.78. The highest BCUT2D eigenvalue weighted by Crippen LogP contribution is 2.39. The van der Waals surface area contributed by atoms with Gasteiger partial charge in [-0.25, -0.2) is 0 Å². The van der Waals surface area contributed by atoms with Crippen molar-refractivity contribution >= 4 is 39.8 Å². The van der Waals surface area contributed by atoms with Crippen molar-refractivity contribution < 1.29 is 13.2 Å². The predicted molar refractivity (Wildman–Crippen MR) is 96.3 cm³/mol. The second-order valence-electron chi connectivity index (χ2n) is 5.51. The van der Waals surface area contributed by atoms with Gasteiger partial charge in [0.15, 0.2) is 5.58 Å². The molecule has 3 aromatic heterocycles. The van der Waals surface area contributed by atoms with Crippen LogP contribution < -0.4 is 11.1 Å². The normalized spacial score (nSPS) is 11.0. The van der Waals surface area contributed by atoms with Crippen LogP contribution in [0.3, 0.4) is 0 Å². The Labute approximate surface area is 151 Å². The highest BCUT2D eigenvalue weighted by molar-refractivity contribution is 6.30. The Hall–Kier alpha value is -3.19. The molecule has 0 saturated carbocycles. The van der Waals surface area contributed by atoms with E-state index in [1.807, 2.05) is 6.07 Å². The third-order valence-corrected chi connectivity index (χ3v) is 4.00. The minimum absolute atomic E-state index is 0.115. The molecule has 0 amide bonds. The summed E-state index contributed by atoms with van der Waals surface area (Å²) in [6, 6.07) is 10.9. The SMILES string of the molecule is Nc1oc2c(-c3cc(F)nc(F)c3)nccc2c1Nc1cccc(Cl)c1. The molecule has 26 heavy (non-hydrogen) atoms. The number of nitrogen functional groups attached to an aromatic ring is 1. The molecule has 0 saturated heterocycles. The van der Waals surface area contributed by atoms with Gasteiger partial charge in [0.1, 0.15) is 11.4 Å². The van der Waals surface area contributed by atoms with E-state index in [4.69, 9.17) is 21.8 Å². The molecule has 3 heterocycles. The van der Waals surface area contributed by atoms with E-state index in [1.165, 1.54) is 6.20 Å². The van der Waals surface area contributed by atoms with Crippen LogP contribution in [0.4, 0.5) is 26.0 Å². The van der Waals surface area contributed by atoms with Crippen LogP contribution in [-0.4, -0.2) is 9.97 Å². The summed E-state index contributed by atoms with van der Waals surface area (Å²) in [4.78, 5) is 7.26. The fourth-order valence-electron chi connectivity index (χ4n) is 2.69. The molecule has 0 fully saturated rings. The minimum Gasteiger partial charge on any atom is -0.436 e. The number of nitrogens with one attached hydrogen (secondary N) is 1. The highest BCUT2D eigenvalue weighted by Gasteiger charge is 2.18. The van der Waals surface area contributed by atoms with Gasteiger partial charge in [0, 0.05) is 34.6 Å². The Morgan fingerprint density at radius 2 is 1.85 bits per heavy atom. The Bertz CT molecular complexity index is 1110. The van der Waals surface area contributed by atoms with Crippen LogP contribution >= 0.6 is 11.6 Å². The molecule has 1 aromatic carbocycles. The lowest BCUT2D eigenvalue weighted by Gasteiger charge is -2.06. The number of halogens is 3. The van der Waals surface area contributed by atoms with E-state index in [-0.39, 0.29) is 17.1 Å². The molecule has 0 aliphatic rings. The number of pyridine rings is 2. The molecule has 0 aliphatic carbocycles. The zero-order valence-corrected chi connectivity index (χ0v) is 13.9. The van der Waals surface area contributed by atoms with Crippen molar-refractivity contribution in [3.63, 3.8) is 0 Å². The largest absolute Gasteiger partial charge is 0.436 e. The molecule has 0 atom stereocenters. The van der Waals surface area contributed by atoms with Crippen LogP contribution in [0.25, 0.3) is 22.2 Å². The zero-order valence-electron chi connectivity index (χ0n) is 13.1. The molecule has 8 heteroatoms. The second-order valence-corrected chi connectivity index (χ2v) is 5.95. The van der Waals surface area contributed by atoms with Gasteiger partial charge in [0.05, 0.1) is 5.39 Å². The molecule has 0 radical (unpaired) electrons. The lowest BCUT2D eigenvalue weighted by Crippen LogP contribution is -1.94. The molecular weight excluding hydrogens is 362 g/mol. The number of nitrogens with zero attached hydrogens (tertiary/aromatic N) is 2. The average molecular weight is 373 g/mol. The van der Waals surface area contributed by atoms with Crippen molar-refractivity contribution in [3.05, 3.63) is 65.6 Å². The Balaban J connectivity index is 1.86. The molecule has 3 N–H and O–H groups in total. The van der Waals surface area contributed by atoms with Gasteiger partial charge >= 0.3 is 0 Å². The second kappa shape index (κ2) is 6.27. The van der Waals surface area contributed by atoms with Gasteiger partial charge in [-0.3, -0.25) is 4.98 Å². The first-order chi connectivity index (χ1) is 12.5. The summed E-state index contributed by atoms with van der Waals surface area (Å²) in [7, 11) is 0. The van der Waals surface area contributed by atoms with Gasteiger partial charge in [-0.05, 0) is 24.3 Å². The molecule has 0 unspecified atom stereocenters. The van der Waals surface area contributed by atoms with E-state index < -0.39 is 11.9 Å². The van der Waals surface area contributed by atoms with Crippen molar-refractivity contribution in [2.45, 2.75) is 0 Å². The van der Waals surface area contributed by atoms with Crippen LogP contribution in [-0.2, 0) is 0 Å². The number of hydrogen-bond acceptors (Lipinski definition) is 5. The summed E-state index contributed by atoms with van der Waals surface area (Å²) in [6.45, 7) is 0. The summed E-state index contributed by atoms with van der Waals surface area (Å²) >= 11 is 6.00. The monoisotopic (exact) mass is 372 g/mol. The maximum atomic E-state index is 13.5. The van der Waals surface area contributed by atoms with Crippen molar-refractivity contribution in [2.24, 2.45) is 0 Å². The summed E-state index contributed by atoms with van der Waals surface area (Å²) < 4.78 is 32.6. The quantitative estimate of drug-likeness (QED) is 0.486. The molecular formula is C18H11ClF2N4O. The predicted octanol–water partition coefficient (Wildman–Crippen LogP) is 5.15. The van der Waals surface area contributed by atoms with Crippen LogP contribution in [0.1, 0.15) is 0 Å². The van der Waals surface area contributed by atoms with E-state index >= 15 is 0 Å². The Morgan fingerprint density at radius 3 is 2.58 bits per heavy atom. The lowest BCUT2D eigenvalue weighted by molar-refractivity contribution is 0.513. The number of anilines is 3. The van der Waals surface area contributed by atoms with Crippen molar-refractivity contribution in [1.82, 2.24) is 9.97 Å². The van der Waals surface area contributed by atoms with Gasteiger partial charge in [0.2, 0.25) is 17.8 Å². The van der Waals surface area contributed by atoms with E-state index in [9.17, 15) is 8.78 Å². The lowest BCUT2D eigenvalue weighted by atomic mass is 10.1. The molecule has 4 rings (SSSR count). The number of furan rings is 1. The molecule has 0 bridgehead atoms. The summed E-state index contributed by atoms with van der Waals surface area (Å²) in [5.41, 5.74) is 7.99. The molecule has 0 aliphatic heterocycles. The van der Waals surface area contributed by atoms with Crippen molar-refractivity contribution in [3.8, 4) is 11.3 Å². The Morgan fingerprint density at radius 1 is 1.08 bits per heavy atom. The smallest absolute Gasteiger partial charge is 0.216 e. The van der Waals surface area contributed by atoms with Gasteiger partial charge in [-0.15, -0.1) is 0 Å². The van der Waals surface area contributed by atoms with Crippen LogP contribution in [0.5, 0.6) is 0 Å². The van der Waals surface area contributed by atoms with Gasteiger partial charge < -0.3 is 15.5 Å². The van der Waals surface area contributed by atoms with E-state index in [0.717, 1.165) is 12.1 Å². The highest BCUT2D eigenvalue weighted by atomic mass is 35.5. The third kappa shape index (κ3) is 2.93. The van der Waals surface area contributed by atoms with Crippen LogP contribution in [0, 0.1) is 11.9 Å². The molecule has 4 aromatic rings. The molecule has 130 valence electrons. The third-order valence-electron chi connectivity index (χ3n) is 3.76. The zero-order chi connectivity index (χ0) is 18.3. The summed E-state index contributed by atoms with van der Waals surface area (Å²) in [5, 5.41) is 4.32. The number of fused-ring (bicyclic) bond motifs is 1. The fourth-order valence-corrected chi connectivity index (χ4v) is 2.88. The fraction of sp³-hybridized carbons (Fsp3) is 0. The van der Waals surface area contributed by atoms with Crippen LogP contribution in [0.2, 0.25) is 5.02 Å². The number of aromatic nitrogens is 2. The van der Waals surface area contributed by atoms with Gasteiger partial charge in [0.25, 0.3) is 0 Å². The van der Waals surface area contributed by atoms with Gasteiger partial charge in [-0.1, -0.05) is 17.7 Å². The van der Waals surface area contributed by atoms with Gasteiger partial charge in [-0.2, -0.15) is 13.8 Å². The maximum Gasteiger partial charge on any atom is 0.216 e. The number of benzene rings is 1. The Kier molecular flexibility index (Phi) is 3.93. The molecule has 5 nitrogen and oxygen atoms in total. The van der Waals surface area contributed by atoms with Crippen LogP contribution in [0.15, 0.2) is 53.1 Å². The minimum atomic E-state index is -0.949. The number of hydrogen-bond donors (Lipinski definition) is 2. The first-order valence-corrected chi connectivity index (χ1v) is 7.92. The average Bonchev–Trinajstić information content (AvgIpc) is 2.90. The standard InChI is InChI=1S/C18H11ClF2N4O/c19-10-2-1-3-11(8-10)24-16-12-4-5-23-15(17(12)26-18(16)22)9-6-13(20)25-14(21)7-9/h1-8,24H,22H2. The van der Waals surface area contributed by atoms with Crippen molar-refractivity contribution in [2.75, 3.05) is 11.1 Å². The topological polar surface area (TPSA) is 77.0 Å². The first kappa shape index (κ1) is 16.3. The maximum absolute atomic E-state index is 13.5. The molecule has 0 spiro atoms. The van der Waals surface area contributed by atoms with E-state index in [0.29, 0.717) is 27.4 Å². The number of rotatable bonds is 3. The number of nitrogens with two attached hydrogens (primary N) is 1. The first-order valence-electron chi connectivity index (χ1n) is 7.54. The van der Waals surface area contributed by atoms with Crippen molar-refractivity contribution in [1.29, 1.82) is 0 Å². The van der Waals surface area contributed by atoms with E-state index in [1.54, 1.807) is 24.3 Å². The van der Waals surface area contributed by atoms with E-state index in [2.05, 4.69) is 15.3 Å².